The average Bonchev–Trinajstić information content (AvgIpc) is 3.04. The molecular formula is C18H18ClN3O2. The topological polar surface area (TPSA) is 60.2 Å². The molecule has 3 aromatic rings. The monoisotopic (exact) mass is 343 g/mol. The zero-order chi connectivity index (χ0) is 16.9. The van der Waals surface area contributed by atoms with E-state index in [9.17, 15) is 0 Å². The summed E-state index contributed by atoms with van der Waals surface area (Å²) in [5, 5.41) is 8.01. The molecule has 0 aliphatic heterocycles. The first kappa shape index (κ1) is 16.3. The van der Waals surface area contributed by atoms with E-state index < -0.39 is 0 Å². The van der Waals surface area contributed by atoms with E-state index in [1.54, 1.807) is 0 Å². The summed E-state index contributed by atoms with van der Waals surface area (Å²) in [6, 6.07) is 13.3. The molecular weight excluding hydrogens is 326 g/mol. The van der Waals surface area contributed by atoms with Gasteiger partial charge >= 0.3 is 0 Å². The van der Waals surface area contributed by atoms with Gasteiger partial charge in [0, 0.05) is 16.3 Å². The Morgan fingerprint density at radius 3 is 2.67 bits per heavy atom. The number of hydrogen-bond donors (Lipinski definition) is 1. The summed E-state index contributed by atoms with van der Waals surface area (Å²) < 4.78 is 10.7. The molecule has 6 heteroatoms. The number of hydrogen-bond acceptors (Lipinski definition) is 5. The van der Waals surface area contributed by atoms with Gasteiger partial charge in [-0.3, -0.25) is 0 Å². The van der Waals surface area contributed by atoms with Crippen molar-refractivity contribution in [3.63, 3.8) is 0 Å². The highest BCUT2D eigenvalue weighted by atomic mass is 35.5. The second kappa shape index (κ2) is 7.36. The van der Waals surface area contributed by atoms with Gasteiger partial charge in [-0.2, -0.15) is 4.98 Å². The molecule has 0 unspecified atom stereocenters. The molecule has 24 heavy (non-hydrogen) atoms. The third kappa shape index (κ3) is 3.86. The number of benzene rings is 2. The van der Waals surface area contributed by atoms with Gasteiger partial charge in [0.15, 0.2) is 0 Å². The minimum Gasteiger partial charge on any atom is -0.494 e. The molecule has 1 heterocycles. The molecule has 0 atom stereocenters. The van der Waals surface area contributed by atoms with Crippen LogP contribution < -0.4 is 10.1 Å². The first-order valence-corrected chi connectivity index (χ1v) is 8.09. The summed E-state index contributed by atoms with van der Waals surface area (Å²) in [7, 11) is 0. The fourth-order valence-corrected chi connectivity index (χ4v) is 2.53. The van der Waals surface area contributed by atoms with E-state index in [2.05, 4.69) is 15.5 Å². The predicted molar refractivity (Wildman–Crippen MR) is 94.4 cm³/mol. The van der Waals surface area contributed by atoms with Gasteiger partial charge in [0.1, 0.15) is 5.75 Å². The second-order valence-corrected chi connectivity index (χ2v) is 5.72. The molecule has 0 spiro atoms. The number of nitrogens with zero attached hydrogens (tertiary/aromatic N) is 2. The summed E-state index contributed by atoms with van der Waals surface area (Å²) in [6.07, 6.45) is 0. The van der Waals surface area contributed by atoms with Crippen molar-refractivity contribution in [2.45, 2.75) is 20.4 Å². The fraction of sp³-hybridized carbons (Fsp3) is 0.222. The van der Waals surface area contributed by atoms with Crippen LogP contribution in [0.4, 0.5) is 5.69 Å². The third-order valence-electron chi connectivity index (χ3n) is 3.51. The van der Waals surface area contributed by atoms with Crippen molar-refractivity contribution in [1.29, 1.82) is 0 Å². The van der Waals surface area contributed by atoms with Crippen molar-refractivity contribution in [2.75, 3.05) is 11.9 Å². The molecule has 0 fully saturated rings. The van der Waals surface area contributed by atoms with Gasteiger partial charge in [-0.15, -0.1) is 0 Å². The van der Waals surface area contributed by atoms with Crippen LogP contribution in [-0.2, 0) is 6.54 Å². The molecule has 0 aliphatic rings. The van der Waals surface area contributed by atoms with Gasteiger partial charge in [-0.25, -0.2) is 0 Å². The molecule has 0 bridgehead atoms. The largest absolute Gasteiger partial charge is 0.494 e. The smallest absolute Gasteiger partial charge is 0.246 e. The summed E-state index contributed by atoms with van der Waals surface area (Å²) >= 11 is 5.96. The summed E-state index contributed by atoms with van der Waals surface area (Å²) in [6.45, 7) is 5.04. The van der Waals surface area contributed by atoms with Gasteiger partial charge in [0.2, 0.25) is 11.7 Å². The average molecular weight is 344 g/mol. The highest BCUT2D eigenvalue weighted by molar-refractivity contribution is 6.30. The number of anilines is 1. The van der Waals surface area contributed by atoms with E-state index in [0.29, 0.717) is 29.9 Å². The quantitative estimate of drug-likeness (QED) is 0.702. The Morgan fingerprint density at radius 2 is 1.96 bits per heavy atom. The predicted octanol–water partition coefficient (Wildman–Crippen LogP) is 4.71. The van der Waals surface area contributed by atoms with Crippen LogP contribution in [-0.4, -0.2) is 16.7 Å². The van der Waals surface area contributed by atoms with Crippen LogP contribution in [0.15, 0.2) is 47.0 Å². The second-order valence-electron chi connectivity index (χ2n) is 5.28. The standard InChI is InChI=1S/C18H18ClN3O2/c1-3-23-15-7-4-13(5-8-15)18-21-17(24-22-18)11-20-16-9-6-14(19)10-12(16)2/h4-10,20H,3,11H2,1-2H3. The molecule has 0 radical (unpaired) electrons. The Kier molecular flexibility index (Phi) is 5.01. The Balaban J connectivity index is 1.66. The molecule has 5 nitrogen and oxygen atoms in total. The van der Waals surface area contributed by atoms with E-state index >= 15 is 0 Å². The van der Waals surface area contributed by atoms with E-state index in [1.165, 1.54) is 0 Å². The van der Waals surface area contributed by atoms with Crippen LogP contribution in [0.5, 0.6) is 5.75 Å². The molecule has 0 saturated carbocycles. The Labute approximate surface area is 145 Å². The van der Waals surface area contributed by atoms with Crippen LogP contribution in [0.25, 0.3) is 11.4 Å². The minimum atomic E-state index is 0.451. The lowest BCUT2D eigenvalue weighted by Crippen LogP contribution is -2.01. The van der Waals surface area contributed by atoms with E-state index in [0.717, 1.165) is 22.6 Å². The summed E-state index contributed by atoms with van der Waals surface area (Å²) in [4.78, 5) is 4.41. The number of aromatic nitrogens is 2. The van der Waals surface area contributed by atoms with Crippen molar-refractivity contribution in [2.24, 2.45) is 0 Å². The zero-order valence-corrected chi connectivity index (χ0v) is 14.3. The first-order chi connectivity index (χ1) is 11.7. The van der Waals surface area contributed by atoms with E-state index in [1.807, 2.05) is 56.3 Å². The fourth-order valence-electron chi connectivity index (χ4n) is 2.31. The number of aryl methyl sites for hydroxylation is 1. The molecule has 2 aromatic carbocycles. The lowest BCUT2D eigenvalue weighted by atomic mass is 10.2. The molecule has 0 aliphatic carbocycles. The third-order valence-corrected chi connectivity index (χ3v) is 3.75. The Bertz CT molecular complexity index is 815. The lowest BCUT2D eigenvalue weighted by Gasteiger charge is -2.07. The number of halogens is 1. The van der Waals surface area contributed by atoms with Gasteiger partial charge in [-0.05, 0) is 61.9 Å². The maximum absolute atomic E-state index is 5.96. The Morgan fingerprint density at radius 1 is 1.17 bits per heavy atom. The van der Waals surface area contributed by atoms with Crippen molar-refractivity contribution < 1.29 is 9.26 Å². The van der Waals surface area contributed by atoms with Crippen LogP contribution in [0.3, 0.4) is 0 Å². The number of nitrogens with one attached hydrogen (secondary N) is 1. The maximum Gasteiger partial charge on any atom is 0.246 e. The summed E-state index contributed by atoms with van der Waals surface area (Å²) in [5.41, 5.74) is 2.94. The van der Waals surface area contributed by atoms with Gasteiger partial charge < -0.3 is 14.6 Å². The van der Waals surface area contributed by atoms with Crippen LogP contribution in [0.1, 0.15) is 18.4 Å². The molecule has 124 valence electrons. The normalized spacial score (nSPS) is 10.6. The van der Waals surface area contributed by atoms with E-state index in [4.69, 9.17) is 20.9 Å². The first-order valence-electron chi connectivity index (χ1n) is 7.71. The highest BCUT2D eigenvalue weighted by Gasteiger charge is 2.09. The maximum atomic E-state index is 5.96. The Hall–Kier alpha value is -2.53. The van der Waals surface area contributed by atoms with Crippen molar-refractivity contribution in [1.82, 2.24) is 10.1 Å². The van der Waals surface area contributed by atoms with Crippen LogP contribution >= 0.6 is 11.6 Å². The number of rotatable bonds is 6. The van der Waals surface area contributed by atoms with Crippen molar-refractivity contribution in [3.05, 3.63) is 58.9 Å². The zero-order valence-electron chi connectivity index (χ0n) is 13.5. The van der Waals surface area contributed by atoms with Crippen molar-refractivity contribution in [3.8, 4) is 17.1 Å². The van der Waals surface area contributed by atoms with Crippen LogP contribution in [0, 0.1) is 6.92 Å². The summed E-state index contributed by atoms with van der Waals surface area (Å²) in [5.74, 6) is 1.90. The van der Waals surface area contributed by atoms with Crippen LogP contribution in [0.2, 0.25) is 5.02 Å². The minimum absolute atomic E-state index is 0.451. The molecule has 0 amide bonds. The molecule has 1 aromatic heterocycles. The lowest BCUT2D eigenvalue weighted by molar-refractivity contribution is 0.340. The van der Waals surface area contributed by atoms with Crippen molar-refractivity contribution >= 4 is 17.3 Å². The number of ether oxygens (including phenoxy) is 1. The van der Waals surface area contributed by atoms with Gasteiger partial charge in [0.05, 0.1) is 13.2 Å². The van der Waals surface area contributed by atoms with Gasteiger partial charge in [-0.1, -0.05) is 16.8 Å². The molecule has 3 rings (SSSR count). The molecule has 1 N–H and O–H groups in total. The SMILES string of the molecule is CCOc1ccc(-c2noc(CNc3ccc(Cl)cc3C)n2)cc1. The highest BCUT2D eigenvalue weighted by Crippen LogP contribution is 2.22. The van der Waals surface area contributed by atoms with E-state index in [-0.39, 0.29) is 0 Å². The van der Waals surface area contributed by atoms with Gasteiger partial charge in [0.25, 0.3) is 0 Å². The molecule has 0 saturated heterocycles.